The minimum atomic E-state index is 0.191. The summed E-state index contributed by atoms with van der Waals surface area (Å²) in [5.74, 6) is 1.27. The summed E-state index contributed by atoms with van der Waals surface area (Å²) >= 11 is 1.66. The van der Waals surface area contributed by atoms with Gasteiger partial charge in [0.05, 0.1) is 6.04 Å². The number of aromatic nitrogens is 3. The molecule has 6 heteroatoms. The predicted octanol–water partition coefficient (Wildman–Crippen LogP) is 3.18. The first-order valence-electron chi connectivity index (χ1n) is 7.92. The molecule has 0 spiro atoms. The summed E-state index contributed by atoms with van der Waals surface area (Å²) in [6, 6.07) is 0.191. The van der Waals surface area contributed by atoms with E-state index < -0.39 is 0 Å². The Labute approximate surface area is 135 Å². The summed E-state index contributed by atoms with van der Waals surface area (Å²) in [6.07, 6.45) is 10.4. The first-order chi connectivity index (χ1) is 10.8. The van der Waals surface area contributed by atoms with Gasteiger partial charge in [0.15, 0.2) is 0 Å². The lowest BCUT2D eigenvalue weighted by Crippen LogP contribution is -2.38. The summed E-state index contributed by atoms with van der Waals surface area (Å²) in [6.45, 7) is 3.71. The highest BCUT2D eigenvalue weighted by Gasteiger charge is 2.29. The second-order valence-corrected chi connectivity index (χ2v) is 6.67. The molecule has 0 bridgehead atoms. The largest absolute Gasteiger partial charge is 0.335 e. The number of likely N-dealkylation sites (tertiary alicyclic amines) is 1. The Kier molecular flexibility index (Phi) is 4.87. The Bertz CT molecular complexity index is 607. The summed E-state index contributed by atoms with van der Waals surface area (Å²) in [4.78, 5) is 23.3. The van der Waals surface area contributed by atoms with E-state index in [1.54, 1.807) is 17.5 Å². The lowest BCUT2D eigenvalue weighted by Gasteiger charge is -2.34. The number of nitrogens with zero attached hydrogens (tertiary/aromatic N) is 4. The number of carbonyl (C=O) groups is 1. The van der Waals surface area contributed by atoms with Gasteiger partial charge in [-0.25, -0.2) is 9.97 Å². The normalized spacial score (nSPS) is 18.6. The van der Waals surface area contributed by atoms with Gasteiger partial charge in [-0.1, -0.05) is 0 Å². The van der Waals surface area contributed by atoms with E-state index in [1.807, 2.05) is 29.6 Å². The molecule has 2 aromatic heterocycles. The van der Waals surface area contributed by atoms with Crippen LogP contribution in [0.3, 0.4) is 0 Å². The molecule has 3 heterocycles. The molecule has 22 heavy (non-hydrogen) atoms. The minimum Gasteiger partial charge on any atom is -0.335 e. The molecular weight excluding hydrogens is 296 g/mol. The van der Waals surface area contributed by atoms with Crippen molar-refractivity contribution >= 4 is 17.2 Å². The summed E-state index contributed by atoms with van der Waals surface area (Å²) < 4.78 is 2.10. The SMILES string of the molecule is Cc1nccn1CCCC(=O)N1CCCCC1c1nccs1. The van der Waals surface area contributed by atoms with Crippen molar-refractivity contribution in [2.75, 3.05) is 6.54 Å². The van der Waals surface area contributed by atoms with Crippen molar-refractivity contribution in [3.8, 4) is 0 Å². The van der Waals surface area contributed by atoms with Crippen molar-refractivity contribution < 1.29 is 4.79 Å². The van der Waals surface area contributed by atoms with E-state index in [4.69, 9.17) is 0 Å². The Morgan fingerprint density at radius 3 is 3.00 bits per heavy atom. The molecule has 0 N–H and O–H groups in total. The zero-order chi connectivity index (χ0) is 15.4. The monoisotopic (exact) mass is 318 g/mol. The topological polar surface area (TPSA) is 51.0 Å². The molecule has 5 nitrogen and oxygen atoms in total. The Balaban J connectivity index is 1.57. The van der Waals surface area contributed by atoms with Crippen LogP contribution < -0.4 is 0 Å². The van der Waals surface area contributed by atoms with Gasteiger partial charge in [-0.3, -0.25) is 4.79 Å². The number of hydrogen-bond acceptors (Lipinski definition) is 4. The fraction of sp³-hybridized carbons (Fsp3) is 0.562. The van der Waals surface area contributed by atoms with E-state index in [9.17, 15) is 4.79 Å². The molecule has 3 rings (SSSR count). The smallest absolute Gasteiger partial charge is 0.223 e. The number of piperidine rings is 1. The van der Waals surface area contributed by atoms with Crippen LogP contribution in [-0.4, -0.2) is 31.9 Å². The number of rotatable bonds is 5. The molecule has 1 amide bonds. The molecule has 0 radical (unpaired) electrons. The van der Waals surface area contributed by atoms with Gasteiger partial charge in [-0.15, -0.1) is 11.3 Å². The molecule has 1 aliphatic rings. The molecule has 0 aromatic carbocycles. The molecular formula is C16H22N4OS. The van der Waals surface area contributed by atoms with Gasteiger partial charge in [-0.05, 0) is 32.6 Å². The van der Waals surface area contributed by atoms with Crippen LogP contribution in [0.1, 0.15) is 49.0 Å². The fourth-order valence-corrected chi connectivity index (χ4v) is 3.86. The van der Waals surface area contributed by atoms with Gasteiger partial charge in [0.1, 0.15) is 10.8 Å². The van der Waals surface area contributed by atoms with E-state index in [-0.39, 0.29) is 11.9 Å². The van der Waals surface area contributed by atoms with Crippen molar-refractivity contribution in [3.63, 3.8) is 0 Å². The second kappa shape index (κ2) is 7.05. The van der Waals surface area contributed by atoms with E-state index in [0.717, 1.165) is 43.2 Å². The lowest BCUT2D eigenvalue weighted by atomic mass is 10.0. The zero-order valence-electron chi connectivity index (χ0n) is 12.9. The Morgan fingerprint density at radius 1 is 1.36 bits per heavy atom. The quantitative estimate of drug-likeness (QED) is 0.851. The van der Waals surface area contributed by atoms with Crippen LogP contribution in [0.15, 0.2) is 24.0 Å². The third-order valence-corrected chi connectivity index (χ3v) is 5.15. The van der Waals surface area contributed by atoms with Crippen LogP contribution >= 0.6 is 11.3 Å². The molecule has 1 atom stereocenters. The van der Waals surface area contributed by atoms with Gasteiger partial charge in [0.2, 0.25) is 5.91 Å². The second-order valence-electron chi connectivity index (χ2n) is 5.74. The molecule has 118 valence electrons. The maximum absolute atomic E-state index is 12.6. The van der Waals surface area contributed by atoms with Crippen molar-refractivity contribution in [2.45, 2.75) is 51.6 Å². The maximum Gasteiger partial charge on any atom is 0.223 e. The average molecular weight is 318 g/mol. The van der Waals surface area contributed by atoms with Gasteiger partial charge in [-0.2, -0.15) is 0 Å². The fourth-order valence-electron chi connectivity index (χ4n) is 3.07. The third-order valence-electron chi connectivity index (χ3n) is 4.27. The predicted molar refractivity (Wildman–Crippen MR) is 86.6 cm³/mol. The Hall–Kier alpha value is -1.69. The van der Waals surface area contributed by atoms with Crippen molar-refractivity contribution in [3.05, 3.63) is 34.8 Å². The van der Waals surface area contributed by atoms with E-state index >= 15 is 0 Å². The maximum atomic E-state index is 12.6. The number of imidazole rings is 1. The van der Waals surface area contributed by atoms with Crippen molar-refractivity contribution in [1.29, 1.82) is 0 Å². The summed E-state index contributed by atoms with van der Waals surface area (Å²) in [5.41, 5.74) is 0. The van der Waals surface area contributed by atoms with Gasteiger partial charge in [0.25, 0.3) is 0 Å². The minimum absolute atomic E-state index is 0.191. The van der Waals surface area contributed by atoms with Crippen molar-refractivity contribution in [1.82, 2.24) is 19.4 Å². The highest BCUT2D eigenvalue weighted by Crippen LogP contribution is 2.32. The molecule has 1 saturated heterocycles. The number of hydrogen-bond donors (Lipinski definition) is 0. The van der Waals surface area contributed by atoms with Crippen LogP contribution in [0.5, 0.6) is 0 Å². The standard InChI is InChI=1S/C16H22N4OS/c1-13-17-7-11-19(13)9-4-6-15(21)20-10-3-2-5-14(20)16-18-8-12-22-16/h7-8,11-12,14H,2-6,9-10H2,1H3. The van der Waals surface area contributed by atoms with Crippen LogP contribution in [0.25, 0.3) is 0 Å². The molecule has 2 aromatic rings. The summed E-state index contributed by atoms with van der Waals surface area (Å²) in [7, 11) is 0. The first-order valence-corrected chi connectivity index (χ1v) is 8.80. The van der Waals surface area contributed by atoms with Crippen LogP contribution in [-0.2, 0) is 11.3 Å². The van der Waals surface area contributed by atoms with Gasteiger partial charge < -0.3 is 9.47 Å². The van der Waals surface area contributed by atoms with E-state index in [0.29, 0.717) is 6.42 Å². The lowest BCUT2D eigenvalue weighted by molar-refractivity contribution is -0.135. The van der Waals surface area contributed by atoms with Crippen LogP contribution in [0, 0.1) is 6.92 Å². The summed E-state index contributed by atoms with van der Waals surface area (Å²) in [5, 5.41) is 3.08. The van der Waals surface area contributed by atoms with Gasteiger partial charge >= 0.3 is 0 Å². The van der Waals surface area contributed by atoms with E-state index in [1.165, 1.54) is 6.42 Å². The Morgan fingerprint density at radius 2 is 2.27 bits per heavy atom. The van der Waals surface area contributed by atoms with Crippen LogP contribution in [0.2, 0.25) is 0 Å². The number of amides is 1. The third kappa shape index (κ3) is 3.38. The van der Waals surface area contributed by atoms with Crippen LogP contribution in [0.4, 0.5) is 0 Å². The highest BCUT2D eigenvalue weighted by atomic mass is 32.1. The molecule has 0 saturated carbocycles. The molecule has 0 aliphatic carbocycles. The van der Waals surface area contributed by atoms with Gasteiger partial charge in [0, 0.05) is 43.5 Å². The highest BCUT2D eigenvalue weighted by molar-refractivity contribution is 7.09. The number of aryl methyl sites for hydroxylation is 2. The molecule has 1 unspecified atom stereocenters. The van der Waals surface area contributed by atoms with Crippen molar-refractivity contribution in [2.24, 2.45) is 0 Å². The number of carbonyl (C=O) groups excluding carboxylic acids is 1. The van der Waals surface area contributed by atoms with E-state index in [2.05, 4.69) is 14.5 Å². The first kappa shape index (κ1) is 15.2. The molecule has 1 aliphatic heterocycles. The average Bonchev–Trinajstić information content (AvgIpc) is 3.19. The zero-order valence-corrected chi connectivity index (χ0v) is 13.8. The molecule has 1 fully saturated rings. The number of thiazole rings is 1.